The van der Waals surface area contributed by atoms with E-state index in [0.29, 0.717) is 17.6 Å². The number of aromatic nitrogens is 2. The fraction of sp³-hybridized carbons (Fsp3) is 0.692. The van der Waals surface area contributed by atoms with E-state index in [1.165, 1.54) is 0 Å². The first kappa shape index (κ1) is 15.5. The lowest BCUT2D eigenvalue weighted by molar-refractivity contribution is 0.367. The summed E-state index contributed by atoms with van der Waals surface area (Å²) in [5.41, 5.74) is 0. The average Bonchev–Trinajstić information content (AvgIpc) is 2.38. The number of nitrogens with one attached hydrogen (secondary N) is 1. The minimum Gasteiger partial charge on any atom is -0.490 e. The van der Waals surface area contributed by atoms with Crippen LogP contribution in [0.4, 0.5) is 11.6 Å². The van der Waals surface area contributed by atoms with Gasteiger partial charge in [0.2, 0.25) is 5.75 Å². The van der Waals surface area contributed by atoms with Crippen molar-refractivity contribution < 1.29 is 4.74 Å². The van der Waals surface area contributed by atoms with Crippen molar-refractivity contribution in [2.45, 2.75) is 19.9 Å². The summed E-state index contributed by atoms with van der Waals surface area (Å²) in [6, 6.07) is 0.341. The molecule has 0 saturated heterocycles. The van der Waals surface area contributed by atoms with Crippen molar-refractivity contribution in [1.82, 2.24) is 14.9 Å². The molecule has 6 nitrogen and oxygen atoms in total. The molecule has 0 aliphatic rings. The maximum atomic E-state index is 5.46. The zero-order valence-electron chi connectivity index (χ0n) is 12.8. The zero-order valence-corrected chi connectivity index (χ0v) is 12.8. The van der Waals surface area contributed by atoms with Crippen LogP contribution < -0.4 is 15.0 Å². The Labute approximate surface area is 115 Å². The zero-order chi connectivity index (χ0) is 14.4. The third kappa shape index (κ3) is 3.70. The highest BCUT2D eigenvalue weighted by molar-refractivity contribution is 5.64. The molecule has 0 fully saturated rings. The Balaban J connectivity index is 3.10. The van der Waals surface area contributed by atoms with Gasteiger partial charge in [-0.05, 0) is 27.9 Å². The van der Waals surface area contributed by atoms with Crippen molar-refractivity contribution in [2.24, 2.45) is 0 Å². The highest BCUT2D eigenvalue weighted by atomic mass is 16.5. The van der Waals surface area contributed by atoms with Crippen LogP contribution in [0.2, 0.25) is 0 Å². The molecule has 0 bridgehead atoms. The van der Waals surface area contributed by atoms with Crippen LogP contribution in [0.15, 0.2) is 6.33 Å². The van der Waals surface area contributed by atoms with Gasteiger partial charge in [-0.25, -0.2) is 9.97 Å². The van der Waals surface area contributed by atoms with Gasteiger partial charge in [0.1, 0.15) is 6.33 Å². The van der Waals surface area contributed by atoms with E-state index < -0.39 is 0 Å². The van der Waals surface area contributed by atoms with Gasteiger partial charge in [0.05, 0.1) is 7.11 Å². The maximum Gasteiger partial charge on any atom is 0.204 e. The normalized spacial score (nSPS) is 12.4. The van der Waals surface area contributed by atoms with Crippen molar-refractivity contribution >= 4 is 11.6 Å². The van der Waals surface area contributed by atoms with Crippen molar-refractivity contribution in [3.63, 3.8) is 0 Å². The molecule has 6 heteroatoms. The molecule has 0 saturated carbocycles. The number of hydrogen-bond donors (Lipinski definition) is 1. The molecule has 1 atom stereocenters. The second kappa shape index (κ2) is 7.13. The molecular formula is C13H25N5O. The molecule has 1 rings (SSSR count). The topological polar surface area (TPSA) is 53.5 Å². The summed E-state index contributed by atoms with van der Waals surface area (Å²) >= 11 is 0. The van der Waals surface area contributed by atoms with Crippen LogP contribution in [0.5, 0.6) is 5.75 Å². The summed E-state index contributed by atoms with van der Waals surface area (Å²) in [6.45, 7) is 6.12. The number of hydrogen-bond acceptors (Lipinski definition) is 6. The minimum absolute atomic E-state index is 0.341. The molecule has 1 unspecified atom stereocenters. The van der Waals surface area contributed by atoms with Crippen molar-refractivity contribution in [2.75, 3.05) is 51.6 Å². The number of rotatable bonds is 7. The van der Waals surface area contributed by atoms with Gasteiger partial charge >= 0.3 is 0 Å². The Morgan fingerprint density at radius 2 is 2.05 bits per heavy atom. The van der Waals surface area contributed by atoms with Crippen molar-refractivity contribution in [1.29, 1.82) is 0 Å². The predicted molar refractivity (Wildman–Crippen MR) is 79.2 cm³/mol. The summed E-state index contributed by atoms with van der Waals surface area (Å²) in [5, 5.41) is 3.03. The Bertz CT molecular complexity index is 397. The van der Waals surface area contributed by atoms with E-state index in [2.05, 4.69) is 53.0 Å². The number of ether oxygens (including phenoxy) is 1. The quantitative estimate of drug-likeness (QED) is 0.804. The molecule has 1 N–H and O–H groups in total. The summed E-state index contributed by atoms with van der Waals surface area (Å²) in [5.74, 6) is 2.24. The summed E-state index contributed by atoms with van der Waals surface area (Å²) < 4.78 is 5.46. The molecule has 0 aromatic carbocycles. The number of anilines is 2. The molecule has 0 spiro atoms. The van der Waals surface area contributed by atoms with E-state index in [9.17, 15) is 0 Å². The van der Waals surface area contributed by atoms with Crippen LogP contribution in [0.1, 0.15) is 13.8 Å². The Kier molecular flexibility index (Phi) is 5.82. The summed E-state index contributed by atoms with van der Waals surface area (Å²) in [7, 11) is 7.61. The van der Waals surface area contributed by atoms with Gasteiger partial charge in [-0.3, -0.25) is 0 Å². The molecule has 0 aliphatic heterocycles. The Morgan fingerprint density at radius 3 is 2.53 bits per heavy atom. The molecule has 1 aromatic rings. The maximum absolute atomic E-state index is 5.46. The molecular weight excluding hydrogens is 242 g/mol. The SMILES string of the molecule is CCN(c1ncnc(NC)c1OC)C(C)CN(C)C. The van der Waals surface area contributed by atoms with E-state index >= 15 is 0 Å². The predicted octanol–water partition coefficient (Wildman–Crippen LogP) is 1.30. The third-order valence-corrected chi connectivity index (χ3v) is 3.00. The van der Waals surface area contributed by atoms with Crippen LogP contribution in [0, 0.1) is 0 Å². The van der Waals surface area contributed by atoms with Gasteiger partial charge in [-0.15, -0.1) is 0 Å². The van der Waals surface area contributed by atoms with E-state index in [0.717, 1.165) is 18.9 Å². The first-order chi connectivity index (χ1) is 9.04. The third-order valence-electron chi connectivity index (χ3n) is 3.00. The second-order valence-electron chi connectivity index (χ2n) is 4.73. The van der Waals surface area contributed by atoms with Crippen molar-refractivity contribution in [3.8, 4) is 5.75 Å². The van der Waals surface area contributed by atoms with Crippen LogP contribution in [0.25, 0.3) is 0 Å². The number of methoxy groups -OCH3 is 1. The second-order valence-corrected chi connectivity index (χ2v) is 4.73. The van der Waals surface area contributed by atoms with Crippen LogP contribution in [0.3, 0.4) is 0 Å². The van der Waals surface area contributed by atoms with Crippen LogP contribution in [-0.2, 0) is 0 Å². The Morgan fingerprint density at radius 1 is 1.37 bits per heavy atom. The molecule has 0 amide bonds. The van der Waals surface area contributed by atoms with Gasteiger partial charge in [-0.2, -0.15) is 0 Å². The first-order valence-corrected chi connectivity index (χ1v) is 6.53. The minimum atomic E-state index is 0.341. The number of nitrogens with zero attached hydrogens (tertiary/aromatic N) is 4. The van der Waals surface area contributed by atoms with Crippen molar-refractivity contribution in [3.05, 3.63) is 6.33 Å². The van der Waals surface area contributed by atoms with E-state index in [1.807, 2.05) is 7.05 Å². The first-order valence-electron chi connectivity index (χ1n) is 6.53. The lowest BCUT2D eigenvalue weighted by atomic mass is 10.2. The lowest BCUT2D eigenvalue weighted by Gasteiger charge is -2.32. The monoisotopic (exact) mass is 267 g/mol. The summed E-state index contributed by atoms with van der Waals surface area (Å²) in [6.07, 6.45) is 1.56. The van der Waals surface area contributed by atoms with Gasteiger partial charge in [-0.1, -0.05) is 0 Å². The largest absolute Gasteiger partial charge is 0.490 e. The standard InChI is InChI=1S/C13H25N5O/c1-7-18(10(2)8-17(4)5)13-11(19-6)12(14-3)15-9-16-13/h9-10H,7-8H2,1-6H3,(H,14,15,16). The summed E-state index contributed by atoms with van der Waals surface area (Å²) in [4.78, 5) is 13.0. The van der Waals surface area contributed by atoms with Gasteiger partial charge in [0.15, 0.2) is 11.6 Å². The molecule has 1 heterocycles. The Hall–Kier alpha value is -1.56. The molecule has 0 radical (unpaired) electrons. The van der Waals surface area contributed by atoms with E-state index in [4.69, 9.17) is 4.74 Å². The smallest absolute Gasteiger partial charge is 0.204 e. The highest BCUT2D eigenvalue weighted by Crippen LogP contribution is 2.32. The average molecular weight is 267 g/mol. The van der Waals surface area contributed by atoms with E-state index in [-0.39, 0.29) is 0 Å². The van der Waals surface area contributed by atoms with Crippen LogP contribution in [-0.4, -0.2) is 62.3 Å². The lowest BCUT2D eigenvalue weighted by Crippen LogP contribution is -2.40. The molecule has 108 valence electrons. The van der Waals surface area contributed by atoms with Gasteiger partial charge in [0.25, 0.3) is 0 Å². The molecule has 1 aromatic heterocycles. The molecule has 19 heavy (non-hydrogen) atoms. The fourth-order valence-corrected chi connectivity index (χ4v) is 2.23. The molecule has 0 aliphatic carbocycles. The van der Waals surface area contributed by atoms with Crippen LogP contribution >= 0.6 is 0 Å². The highest BCUT2D eigenvalue weighted by Gasteiger charge is 2.21. The van der Waals surface area contributed by atoms with Gasteiger partial charge in [0, 0.05) is 26.2 Å². The fourth-order valence-electron chi connectivity index (χ4n) is 2.23. The van der Waals surface area contributed by atoms with Gasteiger partial charge < -0.3 is 19.9 Å². The number of likely N-dealkylation sites (N-methyl/N-ethyl adjacent to an activating group) is 2. The van der Waals surface area contributed by atoms with E-state index in [1.54, 1.807) is 13.4 Å².